The summed E-state index contributed by atoms with van der Waals surface area (Å²) in [6.07, 6.45) is 2.84. The predicted molar refractivity (Wildman–Crippen MR) is 71.9 cm³/mol. The molecule has 0 fully saturated rings. The van der Waals surface area contributed by atoms with Gasteiger partial charge in [0.15, 0.2) is 0 Å². The molecular formula is C10H17N9O. The van der Waals surface area contributed by atoms with Crippen molar-refractivity contribution in [2.45, 2.75) is 19.9 Å². The molecule has 0 saturated heterocycles. The summed E-state index contributed by atoms with van der Waals surface area (Å²) in [5, 5.41) is 16.3. The molecule has 1 atom stereocenters. The molecular weight excluding hydrogens is 262 g/mol. The molecule has 0 radical (unpaired) electrons. The van der Waals surface area contributed by atoms with E-state index in [0.717, 1.165) is 0 Å². The minimum absolute atomic E-state index is 0.0343. The second-order valence-corrected chi connectivity index (χ2v) is 4.44. The van der Waals surface area contributed by atoms with Crippen LogP contribution in [-0.4, -0.2) is 47.5 Å². The first-order valence-corrected chi connectivity index (χ1v) is 6.09. The largest absolute Gasteiger partial charge is 0.394 e. The van der Waals surface area contributed by atoms with Crippen LogP contribution in [0.15, 0.2) is 12.7 Å². The van der Waals surface area contributed by atoms with Gasteiger partial charge in [-0.15, -0.1) is 0 Å². The van der Waals surface area contributed by atoms with E-state index in [1.807, 2.05) is 13.8 Å². The monoisotopic (exact) mass is 279 g/mol. The Bertz CT molecular complexity index is 542. The second kappa shape index (κ2) is 6.21. The number of hydrogen-bond acceptors (Lipinski definition) is 9. The molecule has 2 aromatic rings. The quantitative estimate of drug-likeness (QED) is 0.393. The molecule has 0 saturated carbocycles. The smallest absolute Gasteiger partial charge is 0.258 e. The Balaban J connectivity index is 2.31. The Kier molecular flexibility index (Phi) is 4.38. The molecule has 0 aliphatic rings. The van der Waals surface area contributed by atoms with Crippen molar-refractivity contribution in [1.29, 1.82) is 0 Å². The number of aliphatic hydroxyl groups is 1. The Morgan fingerprint density at radius 1 is 1.30 bits per heavy atom. The number of aromatic nitrogens is 6. The summed E-state index contributed by atoms with van der Waals surface area (Å²) in [5.74, 6) is 6.31. The lowest BCUT2D eigenvalue weighted by atomic mass is 10.1. The highest BCUT2D eigenvalue weighted by Gasteiger charge is 2.15. The summed E-state index contributed by atoms with van der Waals surface area (Å²) < 4.78 is 1.39. The van der Waals surface area contributed by atoms with Crippen LogP contribution in [0.3, 0.4) is 0 Å². The zero-order valence-corrected chi connectivity index (χ0v) is 11.2. The lowest BCUT2D eigenvalue weighted by Gasteiger charge is -2.20. The maximum absolute atomic E-state index is 9.34. The van der Waals surface area contributed by atoms with Gasteiger partial charge in [-0.25, -0.2) is 10.8 Å². The third-order valence-corrected chi connectivity index (χ3v) is 2.69. The summed E-state index contributed by atoms with van der Waals surface area (Å²) >= 11 is 0. The number of nitrogens with one attached hydrogen (secondary N) is 2. The third-order valence-electron chi connectivity index (χ3n) is 2.69. The molecule has 10 nitrogen and oxygen atoms in total. The molecule has 2 aromatic heterocycles. The molecule has 10 heteroatoms. The lowest BCUT2D eigenvalue weighted by Crippen LogP contribution is -2.31. The van der Waals surface area contributed by atoms with Crippen LogP contribution in [-0.2, 0) is 0 Å². The molecule has 5 N–H and O–H groups in total. The third kappa shape index (κ3) is 3.16. The molecule has 2 heterocycles. The van der Waals surface area contributed by atoms with Crippen molar-refractivity contribution in [3.8, 4) is 5.95 Å². The highest BCUT2D eigenvalue weighted by atomic mass is 16.3. The molecule has 0 aliphatic heterocycles. The Labute approximate surface area is 115 Å². The van der Waals surface area contributed by atoms with E-state index in [0.29, 0.717) is 5.95 Å². The SMILES string of the molecule is CC(C)C(CO)Nc1nc(NN)nc(-n2cncn2)n1. The summed E-state index contributed by atoms with van der Waals surface area (Å²) in [7, 11) is 0. The van der Waals surface area contributed by atoms with Gasteiger partial charge in [0, 0.05) is 0 Å². The Hall–Kier alpha value is -2.33. The molecule has 20 heavy (non-hydrogen) atoms. The van der Waals surface area contributed by atoms with Crippen LogP contribution in [0.25, 0.3) is 5.95 Å². The van der Waals surface area contributed by atoms with Crippen LogP contribution < -0.4 is 16.6 Å². The van der Waals surface area contributed by atoms with Crippen molar-refractivity contribution in [2.24, 2.45) is 11.8 Å². The minimum atomic E-state index is -0.174. The van der Waals surface area contributed by atoms with Crippen molar-refractivity contribution < 1.29 is 5.11 Å². The zero-order chi connectivity index (χ0) is 14.5. The van der Waals surface area contributed by atoms with Gasteiger partial charge in [-0.1, -0.05) is 13.8 Å². The molecule has 2 rings (SSSR count). The fourth-order valence-corrected chi connectivity index (χ4v) is 1.50. The van der Waals surface area contributed by atoms with E-state index in [1.165, 1.54) is 17.3 Å². The van der Waals surface area contributed by atoms with Crippen LogP contribution in [0.1, 0.15) is 13.8 Å². The first-order chi connectivity index (χ1) is 9.63. The lowest BCUT2D eigenvalue weighted by molar-refractivity contribution is 0.248. The van der Waals surface area contributed by atoms with Gasteiger partial charge in [-0.2, -0.15) is 24.7 Å². The molecule has 0 aromatic carbocycles. The summed E-state index contributed by atoms with van der Waals surface area (Å²) in [4.78, 5) is 16.2. The molecule has 0 bridgehead atoms. The average Bonchev–Trinajstić information content (AvgIpc) is 2.98. The summed E-state index contributed by atoms with van der Waals surface area (Å²) in [5.41, 5.74) is 2.36. The first kappa shape index (κ1) is 14.1. The molecule has 1 unspecified atom stereocenters. The van der Waals surface area contributed by atoms with Gasteiger partial charge < -0.3 is 10.4 Å². The van der Waals surface area contributed by atoms with E-state index in [-0.39, 0.29) is 30.5 Å². The molecule has 0 amide bonds. The van der Waals surface area contributed by atoms with E-state index in [2.05, 4.69) is 35.8 Å². The highest BCUT2D eigenvalue weighted by molar-refractivity contribution is 5.37. The average molecular weight is 279 g/mol. The van der Waals surface area contributed by atoms with Gasteiger partial charge in [0.1, 0.15) is 12.7 Å². The fraction of sp³-hybridized carbons (Fsp3) is 0.500. The van der Waals surface area contributed by atoms with Crippen LogP contribution in [0.4, 0.5) is 11.9 Å². The number of nitrogens with two attached hydrogens (primary N) is 1. The van der Waals surface area contributed by atoms with E-state index in [1.54, 1.807) is 0 Å². The number of hydrogen-bond donors (Lipinski definition) is 4. The number of aliphatic hydroxyl groups excluding tert-OH is 1. The zero-order valence-electron chi connectivity index (χ0n) is 11.2. The van der Waals surface area contributed by atoms with Crippen LogP contribution in [0.2, 0.25) is 0 Å². The van der Waals surface area contributed by atoms with Gasteiger partial charge in [-0.05, 0) is 5.92 Å². The van der Waals surface area contributed by atoms with Crippen LogP contribution >= 0.6 is 0 Å². The fourth-order valence-electron chi connectivity index (χ4n) is 1.50. The molecule has 0 spiro atoms. The van der Waals surface area contributed by atoms with Crippen molar-refractivity contribution in [3.63, 3.8) is 0 Å². The van der Waals surface area contributed by atoms with E-state index in [9.17, 15) is 5.11 Å². The number of hydrazine groups is 1. The first-order valence-electron chi connectivity index (χ1n) is 6.09. The van der Waals surface area contributed by atoms with Gasteiger partial charge in [0.2, 0.25) is 11.9 Å². The van der Waals surface area contributed by atoms with Crippen molar-refractivity contribution in [1.82, 2.24) is 29.7 Å². The number of rotatable bonds is 6. The van der Waals surface area contributed by atoms with Gasteiger partial charge in [0.25, 0.3) is 5.95 Å². The van der Waals surface area contributed by atoms with E-state index >= 15 is 0 Å². The second-order valence-electron chi connectivity index (χ2n) is 4.44. The minimum Gasteiger partial charge on any atom is -0.394 e. The molecule has 108 valence electrons. The van der Waals surface area contributed by atoms with Crippen molar-refractivity contribution in [2.75, 3.05) is 17.3 Å². The topological polar surface area (TPSA) is 140 Å². The maximum Gasteiger partial charge on any atom is 0.258 e. The number of nitrogen functional groups attached to an aromatic ring is 1. The number of nitrogens with zero attached hydrogens (tertiary/aromatic N) is 6. The molecule has 0 aliphatic carbocycles. The van der Waals surface area contributed by atoms with Gasteiger partial charge in [-0.3, -0.25) is 5.43 Å². The maximum atomic E-state index is 9.34. The van der Waals surface area contributed by atoms with E-state index in [4.69, 9.17) is 5.84 Å². The van der Waals surface area contributed by atoms with Crippen molar-refractivity contribution >= 4 is 11.9 Å². The Morgan fingerprint density at radius 3 is 2.60 bits per heavy atom. The van der Waals surface area contributed by atoms with Crippen molar-refractivity contribution in [3.05, 3.63) is 12.7 Å². The van der Waals surface area contributed by atoms with Crippen LogP contribution in [0, 0.1) is 5.92 Å². The highest BCUT2D eigenvalue weighted by Crippen LogP contribution is 2.11. The predicted octanol–water partition coefficient (Wildman–Crippen LogP) is -0.833. The Morgan fingerprint density at radius 2 is 2.05 bits per heavy atom. The standard InChI is InChI=1S/C10H17N9O/c1-6(2)7(3-20)14-8-15-9(18-11)17-10(16-8)19-5-12-4-13-19/h4-7,20H,3,11H2,1-2H3,(H2,14,15,16,17,18). The van der Waals surface area contributed by atoms with Crippen LogP contribution in [0.5, 0.6) is 0 Å². The summed E-state index contributed by atoms with van der Waals surface area (Å²) in [6, 6.07) is -0.174. The van der Waals surface area contributed by atoms with Gasteiger partial charge >= 0.3 is 0 Å². The van der Waals surface area contributed by atoms with Gasteiger partial charge in [0.05, 0.1) is 12.6 Å². The van der Waals surface area contributed by atoms with E-state index < -0.39 is 0 Å². The number of anilines is 2. The normalized spacial score (nSPS) is 12.4. The summed E-state index contributed by atoms with van der Waals surface area (Å²) in [6.45, 7) is 3.93.